The van der Waals surface area contributed by atoms with Crippen molar-refractivity contribution in [3.05, 3.63) is 11.6 Å². The molecule has 0 aromatic carbocycles. The molecule has 0 radical (unpaired) electrons. The quantitative estimate of drug-likeness (QED) is 0.0988. The minimum absolute atomic E-state index is 0.0401. The van der Waals surface area contributed by atoms with Crippen LogP contribution in [0.2, 0.25) is 0 Å². The number of nitrogens with zero attached hydrogens (tertiary/aromatic N) is 2. The van der Waals surface area contributed by atoms with Crippen molar-refractivity contribution >= 4 is 11.9 Å². The van der Waals surface area contributed by atoms with E-state index in [0.29, 0.717) is 5.41 Å². The van der Waals surface area contributed by atoms with E-state index in [1.807, 2.05) is 11.9 Å². The molecule has 3 fully saturated rings. The van der Waals surface area contributed by atoms with Gasteiger partial charge < -0.3 is 19.9 Å². The Morgan fingerprint density at radius 3 is 2.41 bits per heavy atom. The Hall–Kier alpha value is -1.40. The molecule has 1 N–H and O–H groups in total. The van der Waals surface area contributed by atoms with Gasteiger partial charge in [0.25, 0.3) is 0 Å². The lowest BCUT2D eigenvalue weighted by Crippen LogP contribution is -2.51. The van der Waals surface area contributed by atoms with E-state index < -0.39 is 0 Å². The van der Waals surface area contributed by atoms with Gasteiger partial charge in [-0.05, 0) is 138 Å². The number of ether oxygens (including phenoxy) is 1. The standard InChI is InChI=1S/C40H71N3O3/c1-29(2)12-9-13-30(3)34-16-17-35-33-15-14-31-28-32(20-22-39(31,4)36(33)21-23-40(34,35)5)46-38(45)19-18-37(44)43(26-10-24-41-6)27-11-25-42(7)8/h14,29-30,32-36,41H,9-13,15-28H2,1-8H3/t30-,32+,33+,34-,35+,36+,39+,40-/m1/s1. The largest absolute Gasteiger partial charge is 0.462 e. The van der Waals surface area contributed by atoms with Gasteiger partial charge in [-0.3, -0.25) is 9.59 Å². The van der Waals surface area contributed by atoms with Crippen LogP contribution in [0.3, 0.4) is 0 Å². The minimum Gasteiger partial charge on any atom is -0.462 e. The minimum atomic E-state index is -0.201. The number of fused-ring (bicyclic) bond motifs is 5. The first-order valence-corrected chi connectivity index (χ1v) is 19.3. The first kappa shape index (κ1) is 37.4. The van der Waals surface area contributed by atoms with Gasteiger partial charge in [-0.25, -0.2) is 0 Å². The normalized spacial score (nSPS) is 32.8. The third kappa shape index (κ3) is 8.98. The van der Waals surface area contributed by atoms with E-state index in [9.17, 15) is 9.59 Å². The van der Waals surface area contributed by atoms with E-state index in [0.717, 1.165) is 93.8 Å². The molecule has 0 bridgehead atoms. The number of rotatable bonds is 17. The summed E-state index contributed by atoms with van der Waals surface area (Å²) in [7, 11) is 6.06. The summed E-state index contributed by atoms with van der Waals surface area (Å²) < 4.78 is 6.07. The molecule has 6 nitrogen and oxygen atoms in total. The van der Waals surface area contributed by atoms with Gasteiger partial charge in [0.1, 0.15) is 6.10 Å². The highest BCUT2D eigenvalue weighted by atomic mass is 16.5. The van der Waals surface area contributed by atoms with Crippen LogP contribution < -0.4 is 5.32 Å². The number of carbonyl (C=O) groups excluding carboxylic acids is 2. The predicted molar refractivity (Wildman–Crippen MR) is 190 cm³/mol. The number of amides is 1. The third-order valence-corrected chi connectivity index (χ3v) is 13.3. The van der Waals surface area contributed by atoms with Crippen molar-refractivity contribution in [1.82, 2.24) is 15.1 Å². The Balaban J connectivity index is 1.29. The smallest absolute Gasteiger partial charge is 0.306 e. The molecule has 46 heavy (non-hydrogen) atoms. The Labute approximate surface area is 283 Å². The second kappa shape index (κ2) is 16.8. The molecule has 0 aromatic rings. The molecule has 0 aromatic heterocycles. The van der Waals surface area contributed by atoms with Crippen LogP contribution in [0.25, 0.3) is 0 Å². The van der Waals surface area contributed by atoms with Crippen LogP contribution in [-0.2, 0) is 14.3 Å². The molecular formula is C40H71N3O3. The fourth-order valence-corrected chi connectivity index (χ4v) is 10.8. The van der Waals surface area contributed by atoms with Crippen molar-refractivity contribution in [2.75, 3.05) is 47.3 Å². The van der Waals surface area contributed by atoms with Crippen LogP contribution in [0.15, 0.2) is 11.6 Å². The van der Waals surface area contributed by atoms with E-state index in [-0.39, 0.29) is 36.2 Å². The topological polar surface area (TPSA) is 61.9 Å². The number of esters is 1. The van der Waals surface area contributed by atoms with E-state index in [4.69, 9.17) is 4.74 Å². The molecular weight excluding hydrogens is 570 g/mol. The van der Waals surface area contributed by atoms with Crippen LogP contribution >= 0.6 is 0 Å². The SMILES string of the molecule is CNCCCN(CCCN(C)C)C(=O)CCC(=O)O[C@H]1CC[C@@]2(C)C(=CC[C@H]3[C@@H]4CC[C@H]([C@H](C)CCCC(C)C)[C@@]4(C)CC[C@@H]32)C1. The van der Waals surface area contributed by atoms with Gasteiger partial charge in [-0.1, -0.05) is 65.5 Å². The predicted octanol–water partition coefficient (Wildman–Crippen LogP) is 8.11. The van der Waals surface area contributed by atoms with Gasteiger partial charge in [0, 0.05) is 25.9 Å². The van der Waals surface area contributed by atoms with Gasteiger partial charge >= 0.3 is 5.97 Å². The summed E-state index contributed by atoms with van der Waals surface area (Å²) in [6.07, 6.45) is 18.8. The first-order chi connectivity index (χ1) is 21.9. The van der Waals surface area contributed by atoms with Gasteiger partial charge in [0.2, 0.25) is 5.91 Å². The number of carbonyl (C=O) groups is 2. The van der Waals surface area contributed by atoms with E-state index in [2.05, 4.69) is 65.0 Å². The van der Waals surface area contributed by atoms with E-state index >= 15 is 0 Å². The van der Waals surface area contributed by atoms with Crippen LogP contribution in [0, 0.1) is 46.3 Å². The highest BCUT2D eigenvalue weighted by Crippen LogP contribution is 2.67. The molecule has 0 unspecified atom stereocenters. The monoisotopic (exact) mass is 642 g/mol. The average Bonchev–Trinajstić information content (AvgIpc) is 3.36. The molecule has 0 spiro atoms. The summed E-state index contributed by atoms with van der Waals surface area (Å²) in [4.78, 5) is 30.2. The summed E-state index contributed by atoms with van der Waals surface area (Å²) in [6, 6.07) is 0. The molecule has 1 amide bonds. The fraction of sp³-hybridized carbons (Fsp3) is 0.900. The van der Waals surface area contributed by atoms with Gasteiger partial charge in [0.05, 0.1) is 6.42 Å². The molecule has 8 atom stereocenters. The second-order valence-corrected chi connectivity index (χ2v) is 17.1. The molecule has 0 saturated heterocycles. The first-order valence-electron chi connectivity index (χ1n) is 19.3. The van der Waals surface area contributed by atoms with Crippen molar-refractivity contribution in [2.24, 2.45) is 46.3 Å². The third-order valence-electron chi connectivity index (χ3n) is 13.3. The van der Waals surface area contributed by atoms with Crippen molar-refractivity contribution in [3.8, 4) is 0 Å². The Kier molecular flexibility index (Phi) is 13.7. The van der Waals surface area contributed by atoms with Crippen LogP contribution in [-0.4, -0.2) is 75.1 Å². The second-order valence-electron chi connectivity index (χ2n) is 17.1. The van der Waals surface area contributed by atoms with Crippen molar-refractivity contribution in [1.29, 1.82) is 0 Å². The zero-order valence-corrected chi connectivity index (χ0v) is 31.2. The molecule has 4 rings (SSSR count). The highest BCUT2D eigenvalue weighted by molar-refractivity contribution is 5.81. The number of nitrogens with one attached hydrogen (secondary N) is 1. The van der Waals surface area contributed by atoms with Crippen LogP contribution in [0.4, 0.5) is 0 Å². The summed E-state index contributed by atoms with van der Waals surface area (Å²) in [5, 5.41) is 3.17. The number of hydrogen-bond donors (Lipinski definition) is 1. The van der Waals surface area contributed by atoms with Gasteiger partial charge in [-0.2, -0.15) is 0 Å². The van der Waals surface area contributed by atoms with Crippen molar-refractivity contribution in [3.63, 3.8) is 0 Å². The summed E-state index contributed by atoms with van der Waals surface area (Å²) in [6.45, 7) is 15.8. The number of allylic oxidation sites excluding steroid dienone is 1. The molecule has 4 aliphatic rings. The Morgan fingerprint density at radius 1 is 0.935 bits per heavy atom. The zero-order chi connectivity index (χ0) is 33.5. The summed E-state index contributed by atoms with van der Waals surface area (Å²) in [5.74, 6) is 4.89. The lowest BCUT2D eigenvalue weighted by molar-refractivity contribution is -0.153. The summed E-state index contributed by atoms with van der Waals surface area (Å²) >= 11 is 0. The Bertz CT molecular complexity index is 1030. The molecule has 4 aliphatic carbocycles. The molecule has 6 heteroatoms. The highest BCUT2D eigenvalue weighted by Gasteiger charge is 2.59. The lowest BCUT2D eigenvalue weighted by atomic mass is 9.47. The van der Waals surface area contributed by atoms with Gasteiger partial charge in [-0.15, -0.1) is 0 Å². The fourth-order valence-electron chi connectivity index (χ4n) is 10.8. The van der Waals surface area contributed by atoms with Crippen molar-refractivity contribution in [2.45, 2.75) is 137 Å². The zero-order valence-electron chi connectivity index (χ0n) is 31.2. The van der Waals surface area contributed by atoms with E-state index in [1.165, 1.54) is 51.4 Å². The van der Waals surface area contributed by atoms with Gasteiger partial charge in [0.15, 0.2) is 0 Å². The summed E-state index contributed by atoms with van der Waals surface area (Å²) in [5.41, 5.74) is 2.33. The maximum absolute atomic E-state index is 13.1. The van der Waals surface area contributed by atoms with Crippen LogP contribution in [0.5, 0.6) is 0 Å². The molecule has 3 saturated carbocycles. The van der Waals surface area contributed by atoms with Crippen molar-refractivity contribution < 1.29 is 14.3 Å². The Morgan fingerprint density at radius 2 is 1.70 bits per heavy atom. The molecule has 0 aliphatic heterocycles. The number of hydrogen-bond acceptors (Lipinski definition) is 5. The maximum Gasteiger partial charge on any atom is 0.306 e. The maximum atomic E-state index is 13.1. The van der Waals surface area contributed by atoms with E-state index in [1.54, 1.807) is 5.57 Å². The lowest BCUT2D eigenvalue weighted by Gasteiger charge is -2.58. The average molecular weight is 642 g/mol. The molecule has 264 valence electrons. The van der Waals surface area contributed by atoms with Crippen LogP contribution in [0.1, 0.15) is 131 Å². The molecule has 0 heterocycles.